The molecular formula is C15H23NO2Si. The maximum Gasteiger partial charge on any atom is 0.251 e. The van der Waals surface area contributed by atoms with Crippen LogP contribution in [0.1, 0.15) is 32.4 Å². The van der Waals surface area contributed by atoms with Crippen molar-refractivity contribution >= 4 is 14.2 Å². The Morgan fingerprint density at radius 1 is 1.11 bits per heavy atom. The number of hydrogen-bond acceptors (Lipinski definition) is 2. The predicted octanol–water partition coefficient (Wildman–Crippen LogP) is 3.25. The van der Waals surface area contributed by atoms with Crippen molar-refractivity contribution in [3.63, 3.8) is 0 Å². The summed E-state index contributed by atoms with van der Waals surface area (Å²) < 4.78 is 6.33. The van der Waals surface area contributed by atoms with E-state index in [1.807, 2.05) is 30.3 Å². The van der Waals surface area contributed by atoms with Crippen LogP contribution in [0.4, 0.5) is 0 Å². The number of β-lactam (4-membered cyclic amide) rings is 1. The van der Waals surface area contributed by atoms with Crippen LogP contribution < -0.4 is 5.32 Å². The van der Waals surface area contributed by atoms with E-state index in [1.54, 1.807) is 0 Å². The maximum absolute atomic E-state index is 11.8. The summed E-state index contributed by atoms with van der Waals surface area (Å²) in [5.74, 6) is 0.0427. The summed E-state index contributed by atoms with van der Waals surface area (Å²) in [6.45, 7) is 6.56. The molecule has 19 heavy (non-hydrogen) atoms. The summed E-state index contributed by atoms with van der Waals surface area (Å²) in [5.41, 5.74) is 1.14. The number of benzene rings is 1. The van der Waals surface area contributed by atoms with Crippen LogP contribution in [0.15, 0.2) is 30.3 Å². The molecule has 0 radical (unpaired) electrons. The van der Waals surface area contributed by atoms with E-state index in [1.165, 1.54) is 0 Å². The SMILES string of the molecule is CC[Si](CC)(CC)O[C@@H]1C(=O)N[C@H]1c1ccccc1. The van der Waals surface area contributed by atoms with Gasteiger partial charge in [-0.05, 0) is 23.7 Å². The minimum atomic E-state index is -1.73. The fourth-order valence-corrected chi connectivity index (χ4v) is 5.46. The van der Waals surface area contributed by atoms with Crippen LogP contribution in [0, 0.1) is 0 Å². The van der Waals surface area contributed by atoms with Gasteiger partial charge < -0.3 is 9.74 Å². The summed E-state index contributed by atoms with van der Waals surface area (Å²) in [6, 6.07) is 13.3. The van der Waals surface area contributed by atoms with E-state index >= 15 is 0 Å². The second-order valence-corrected chi connectivity index (χ2v) is 9.90. The van der Waals surface area contributed by atoms with Gasteiger partial charge in [0, 0.05) is 0 Å². The quantitative estimate of drug-likeness (QED) is 0.640. The molecule has 1 N–H and O–H groups in total. The number of hydrogen-bond donors (Lipinski definition) is 1. The van der Waals surface area contributed by atoms with Gasteiger partial charge in [-0.15, -0.1) is 0 Å². The molecule has 1 fully saturated rings. The number of carbonyl (C=O) groups excluding carboxylic acids is 1. The van der Waals surface area contributed by atoms with E-state index in [2.05, 4.69) is 26.1 Å². The summed E-state index contributed by atoms with van der Waals surface area (Å²) in [4.78, 5) is 11.8. The smallest absolute Gasteiger partial charge is 0.251 e. The van der Waals surface area contributed by atoms with E-state index in [9.17, 15) is 4.79 Å². The number of carbonyl (C=O) groups is 1. The van der Waals surface area contributed by atoms with Gasteiger partial charge in [0.2, 0.25) is 0 Å². The molecule has 0 aromatic heterocycles. The van der Waals surface area contributed by atoms with Crippen LogP contribution in [0.3, 0.4) is 0 Å². The molecule has 4 heteroatoms. The average Bonchev–Trinajstić information content (AvgIpc) is 2.47. The molecule has 1 heterocycles. The molecule has 1 aromatic carbocycles. The third-order valence-corrected chi connectivity index (χ3v) is 8.95. The monoisotopic (exact) mass is 277 g/mol. The van der Waals surface area contributed by atoms with Gasteiger partial charge in [-0.25, -0.2) is 0 Å². The molecule has 0 aliphatic carbocycles. The van der Waals surface area contributed by atoms with Gasteiger partial charge in [-0.2, -0.15) is 0 Å². The van der Waals surface area contributed by atoms with Crippen molar-refractivity contribution in [3.05, 3.63) is 35.9 Å². The Labute approximate surface area is 116 Å². The van der Waals surface area contributed by atoms with Crippen LogP contribution in [0.5, 0.6) is 0 Å². The molecule has 1 aliphatic rings. The molecule has 1 aliphatic heterocycles. The summed E-state index contributed by atoms with van der Waals surface area (Å²) in [7, 11) is -1.73. The first kappa shape index (κ1) is 14.3. The molecule has 3 nitrogen and oxygen atoms in total. The molecule has 0 bridgehead atoms. The number of rotatable bonds is 6. The zero-order chi connectivity index (χ0) is 13.9. The average molecular weight is 277 g/mol. The first-order valence-corrected chi connectivity index (χ1v) is 9.72. The molecule has 0 spiro atoms. The lowest BCUT2D eigenvalue weighted by atomic mass is 9.94. The van der Waals surface area contributed by atoms with E-state index in [4.69, 9.17) is 4.43 Å². The minimum absolute atomic E-state index is 0.0326. The Hall–Kier alpha value is -1.13. The number of amides is 1. The zero-order valence-corrected chi connectivity index (χ0v) is 13.0. The highest BCUT2D eigenvalue weighted by atomic mass is 28.4. The summed E-state index contributed by atoms with van der Waals surface area (Å²) in [6.07, 6.45) is -0.283. The predicted molar refractivity (Wildman–Crippen MR) is 79.4 cm³/mol. The van der Waals surface area contributed by atoms with E-state index < -0.39 is 8.32 Å². The highest BCUT2D eigenvalue weighted by Gasteiger charge is 2.45. The Kier molecular flexibility index (Phi) is 4.42. The van der Waals surface area contributed by atoms with Gasteiger partial charge >= 0.3 is 0 Å². The molecule has 104 valence electrons. The molecule has 1 saturated heterocycles. The number of nitrogens with one attached hydrogen (secondary N) is 1. The van der Waals surface area contributed by atoms with Crippen molar-refractivity contribution < 1.29 is 9.22 Å². The van der Waals surface area contributed by atoms with Gasteiger partial charge in [0.05, 0.1) is 6.04 Å². The van der Waals surface area contributed by atoms with Crippen molar-refractivity contribution in [1.82, 2.24) is 5.32 Å². The minimum Gasteiger partial charge on any atom is -0.403 e. The normalized spacial score (nSPS) is 22.8. The fraction of sp³-hybridized carbons (Fsp3) is 0.533. The first-order chi connectivity index (χ1) is 9.15. The highest BCUT2D eigenvalue weighted by molar-refractivity contribution is 6.73. The topological polar surface area (TPSA) is 38.3 Å². The lowest BCUT2D eigenvalue weighted by molar-refractivity contribution is -0.141. The lowest BCUT2D eigenvalue weighted by Gasteiger charge is -2.42. The Balaban J connectivity index is 2.12. The van der Waals surface area contributed by atoms with E-state index in [-0.39, 0.29) is 18.1 Å². The van der Waals surface area contributed by atoms with E-state index in [0.29, 0.717) is 0 Å². The Morgan fingerprint density at radius 3 is 2.16 bits per heavy atom. The van der Waals surface area contributed by atoms with Crippen LogP contribution in [-0.2, 0) is 9.22 Å². The van der Waals surface area contributed by atoms with Crippen LogP contribution in [0.2, 0.25) is 18.1 Å². The second-order valence-electron chi connectivity index (χ2n) is 5.18. The molecule has 1 amide bonds. The molecular weight excluding hydrogens is 254 g/mol. The molecule has 0 unspecified atom stereocenters. The van der Waals surface area contributed by atoms with Gasteiger partial charge in [-0.1, -0.05) is 51.1 Å². The fourth-order valence-electron chi connectivity index (χ4n) is 2.68. The Morgan fingerprint density at radius 2 is 1.68 bits per heavy atom. The molecule has 0 saturated carbocycles. The van der Waals surface area contributed by atoms with Crippen LogP contribution >= 0.6 is 0 Å². The highest BCUT2D eigenvalue weighted by Crippen LogP contribution is 2.33. The second kappa shape index (κ2) is 5.88. The third-order valence-electron chi connectivity index (χ3n) is 4.33. The van der Waals surface area contributed by atoms with Crippen molar-refractivity contribution in [1.29, 1.82) is 0 Å². The lowest BCUT2D eigenvalue weighted by Crippen LogP contribution is -2.60. The van der Waals surface area contributed by atoms with Crippen molar-refractivity contribution in [2.75, 3.05) is 0 Å². The van der Waals surface area contributed by atoms with Gasteiger partial charge in [0.15, 0.2) is 8.32 Å². The maximum atomic E-state index is 11.8. The van der Waals surface area contributed by atoms with Crippen LogP contribution in [0.25, 0.3) is 0 Å². The largest absolute Gasteiger partial charge is 0.403 e. The molecule has 1 aromatic rings. The van der Waals surface area contributed by atoms with Crippen LogP contribution in [-0.4, -0.2) is 20.3 Å². The summed E-state index contributed by atoms with van der Waals surface area (Å²) >= 11 is 0. The van der Waals surface area contributed by atoms with Crippen molar-refractivity contribution in [2.45, 2.75) is 51.0 Å². The van der Waals surface area contributed by atoms with Crippen molar-refractivity contribution in [2.24, 2.45) is 0 Å². The molecule has 2 rings (SSSR count). The third kappa shape index (κ3) is 2.74. The van der Waals surface area contributed by atoms with Gasteiger partial charge in [0.1, 0.15) is 6.10 Å². The Bertz CT molecular complexity index is 423. The zero-order valence-electron chi connectivity index (χ0n) is 12.0. The first-order valence-electron chi connectivity index (χ1n) is 7.19. The van der Waals surface area contributed by atoms with Crippen molar-refractivity contribution in [3.8, 4) is 0 Å². The molecule has 2 atom stereocenters. The van der Waals surface area contributed by atoms with E-state index in [0.717, 1.165) is 23.7 Å². The van der Waals surface area contributed by atoms with Gasteiger partial charge in [-0.3, -0.25) is 4.79 Å². The van der Waals surface area contributed by atoms with Gasteiger partial charge in [0.25, 0.3) is 5.91 Å². The standard InChI is InChI=1S/C15H23NO2Si/c1-4-19(5-2,6-3)18-14-13(16-15(14)17)12-10-8-7-9-11-12/h7-11,13-14H,4-6H2,1-3H3,(H,16,17)/t13-,14-/m0/s1. The summed E-state index contributed by atoms with van der Waals surface area (Å²) in [5, 5.41) is 2.96.